The van der Waals surface area contributed by atoms with Crippen LogP contribution in [-0.4, -0.2) is 27.3 Å². The zero-order valence-corrected chi connectivity index (χ0v) is 12.6. The van der Waals surface area contributed by atoms with Gasteiger partial charge < -0.3 is 18.9 Å². The van der Waals surface area contributed by atoms with E-state index in [4.69, 9.17) is 18.9 Å². The number of ether oxygens (including phenoxy) is 4. The highest BCUT2D eigenvalue weighted by molar-refractivity contribution is 5.97. The molecule has 114 valence electrons. The molecule has 0 aromatic heterocycles. The summed E-state index contributed by atoms with van der Waals surface area (Å²) in [5, 5.41) is 0. The lowest BCUT2D eigenvalue weighted by Crippen LogP contribution is -2.00. The Kier molecular flexibility index (Phi) is 3.63. The van der Waals surface area contributed by atoms with Crippen LogP contribution < -0.4 is 14.2 Å². The highest BCUT2D eigenvalue weighted by Gasteiger charge is 2.36. The smallest absolute Gasteiger partial charge is 0.343 e. The topological polar surface area (TPSA) is 54.0 Å². The van der Waals surface area contributed by atoms with Gasteiger partial charge in [0.2, 0.25) is 0 Å². The molecule has 3 rings (SSSR count). The Labute approximate surface area is 128 Å². The SMILES string of the molecule is COc1ccc(C2OC(=O)c3c(OC)cc(OC)cc32)cc1. The van der Waals surface area contributed by atoms with Crippen molar-refractivity contribution in [2.24, 2.45) is 0 Å². The minimum absolute atomic E-state index is 0.393. The molecule has 0 saturated carbocycles. The van der Waals surface area contributed by atoms with Crippen LogP contribution in [0.25, 0.3) is 0 Å². The number of carbonyl (C=O) groups is 1. The quantitative estimate of drug-likeness (QED) is 0.813. The molecule has 1 aliphatic heterocycles. The summed E-state index contributed by atoms with van der Waals surface area (Å²) in [5.41, 5.74) is 2.05. The van der Waals surface area contributed by atoms with Gasteiger partial charge in [-0.3, -0.25) is 0 Å². The minimum Gasteiger partial charge on any atom is -0.497 e. The Morgan fingerprint density at radius 1 is 0.909 bits per heavy atom. The fourth-order valence-electron chi connectivity index (χ4n) is 2.57. The number of carbonyl (C=O) groups excluding carboxylic acids is 1. The van der Waals surface area contributed by atoms with Crippen LogP contribution in [0, 0.1) is 0 Å². The van der Waals surface area contributed by atoms with Gasteiger partial charge in [0.15, 0.2) is 6.10 Å². The van der Waals surface area contributed by atoms with E-state index in [1.807, 2.05) is 24.3 Å². The van der Waals surface area contributed by atoms with Crippen LogP contribution in [0.15, 0.2) is 36.4 Å². The second-order valence-electron chi connectivity index (χ2n) is 4.85. The molecule has 0 aliphatic carbocycles. The highest BCUT2D eigenvalue weighted by Crippen LogP contribution is 2.42. The Morgan fingerprint density at radius 3 is 2.18 bits per heavy atom. The summed E-state index contributed by atoms with van der Waals surface area (Å²) in [6.07, 6.45) is -0.475. The van der Waals surface area contributed by atoms with Gasteiger partial charge in [-0.1, -0.05) is 12.1 Å². The summed E-state index contributed by atoms with van der Waals surface area (Å²) in [6.45, 7) is 0. The zero-order valence-electron chi connectivity index (χ0n) is 12.6. The van der Waals surface area contributed by atoms with E-state index in [1.165, 1.54) is 7.11 Å². The van der Waals surface area contributed by atoms with Crippen LogP contribution >= 0.6 is 0 Å². The van der Waals surface area contributed by atoms with Crippen molar-refractivity contribution in [2.45, 2.75) is 6.10 Å². The Balaban J connectivity index is 2.09. The van der Waals surface area contributed by atoms with Crippen molar-refractivity contribution in [3.8, 4) is 17.2 Å². The van der Waals surface area contributed by atoms with E-state index >= 15 is 0 Å². The molecule has 0 saturated heterocycles. The predicted molar refractivity (Wildman–Crippen MR) is 79.8 cm³/mol. The predicted octanol–water partition coefficient (Wildman–Crippen LogP) is 2.97. The van der Waals surface area contributed by atoms with Crippen LogP contribution in [0.3, 0.4) is 0 Å². The van der Waals surface area contributed by atoms with Gasteiger partial charge in [0.1, 0.15) is 22.8 Å². The third-order valence-electron chi connectivity index (χ3n) is 3.69. The van der Waals surface area contributed by atoms with Crippen LogP contribution in [-0.2, 0) is 4.74 Å². The summed E-state index contributed by atoms with van der Waals surface area (Å²) in [7, 11) is 4.69. The summed E-state index contributed by atoms with van der Waals surface area (Å²) in [6, 6.07) is 10.9. The number of methoxy groups -OCH3 is 3. The molecular weight excluding hydrogens is 284 g/mol. The Hall–Kier alpha value is -2.69. The molecule has 5 heteroatoms. The van der Waals surface area contributed by atoms with Gasteiger partial charge in [-0.2, -0.15) is 0 Å². The normalized spacial score (nSPS) is 16.0. The van der Waals surface area contributed by atoms with E-state index in [-0.39, 0.29) is 0 Å². The molecule has 5 nitrogen and oxygen atoms in total. The first-order valence-electron chi connectivity index (χ1n) is 6.78. The van der Waals surface area contributed by atoms with E-state index in [2.05, 4.69) is 0 Å². The van der Waals surface area contributed by atoms with E-state index in [0.717, 1.165) is 16.9 Å². The van der Waals surface area contributed by atoms with Gasteiger partial charge in [0, 0.05) is 11.6 Å². The minimum atomic E-state index is -0.475. The number of benzene rings is 2. The average Bonchev–Trinajstić information content (AvgIpc) is 2.91. The number of hydrogen-bond acceptors (Lipinski definition) is 5. The highest BCUT2D eigenvalue weighted by atomic mass is 16.6. The van der Waals surface area contributed by atoms with Crippen LogP contribution in [0.2, 0.25) is 0 Å². The first-order valence-corrected chi connectivity index (χ1v) is 6.78. The molecule has 1 unspecified atom stereocenters. The van der Waals surface area contributed by atoms with E-state index < -0.39 is 12.1 Å². The maximum absolute atomic E-state index is 12.2. The van der Waals surface area contributed by atoms with Gasteiger partial charge in [-0.05, 0) is 23.8 Å². The lowest BCUT2D eigenvalue weighted by atomic mass is 9.98. The van der Waals surface area contributed by atoms with Crippen LogP contribution in [0.1, 0.15) is 27.6 Å². The van der Waals surface area contributed by atoms with Gasteiger partial charge >= 0.3 is 5.97 Å². The molecule has 2 aromatic carbocycles. The maximum atomic E-state index is 12.2. The standard InChI is InChI=1S/C17H16O5/c1-19-11-6-4-10(5-7-11)16-13-8-12(20-2)9-14(21-3)15(13)17(18)22-16/h4-9,16H,1-3H3. The molecular formula is C17H16O5. The van der Waals surface area contributed by atoms with E-state index in [0.29, 0.717) is 17.1 Å². The molecule has 22 heavy (non-hydrogen) atoms. The number of fused-ring (bicyclic) bond motifs is 1. The largest absolute Gasteiger partial charge is 0.497 e. The third kappa shape index (κ3) is 2.24. The molecule has 1 heterocycles. The molecule has 0 N–H and O–H groups in total. The van der Waals surface area contributed by atoms with Gasteiger partial charge in [0.25, 0.3) is 0 Å². The van der Waals surface area contributed by atoms with Gasteiger partial charge in [-0.25, -0.2) is 4.79 Å². The monoisotopic (exact) mass is 300 g/mol. The first-order chi connectivity index (χ1) is 10.7. The van der Waals surface area contributed by atoms with Gasteiger partial charge in [-0.15, -0.1) is 0 Å². The molecule has 0 fully saturated rings. The molecule has 0 amide bonds. The summed E-state index contributed by atoms with van der Waals surface area (Å²) >= 11 is 0. The van der Waals surface area contributed by atoms with Crippen LogP contribution in [0.5, 0.6) is 17.2 Å². The molecule has 1 atom stereocenters. The van der Waals surface area contributed by atoms with E-state index in [1.54, 1.807) is 26.4 Å². The van der Waals surface area contributed by atoms with Crippen LogP contribution in [0.4, 0.5) is 0 Å². The summed E-state index contributed by atoms with van der Waals surface area (Å²) in [4.78, 5) is 12.2. The average molecular weight is 300 g/mol. The summed E-state index contributed by atoms with van der Waals surface area (Å²) < 4.78 is 21.2. The Morgan fingerprint density at radius 2 is 1.59 bits per heavy atom. The van der Waals surface area contributed by atoms with Crippen molar-refractivity contribution in [3.05, 3.63) is 53.1 Å². The molecule has 2 aromatic rings. The second kappa shape index (κ2) is 5.60. The van der Waals surface area contributed by atoms with Crippen molar-refractivity contribution in [1.82, 2.24) is 0 Å². The third-order valence-corrected chi connectivity index (χ3v) is 3.69. The molecule has 0 bridgehead atoms. The molecule has 1 aliphatic rings. The lowest BCUT2D eigenvalue weighted by molar-refractivity contribution is 0.0454. The fourth-order valence-corrected chi connectivity index (χ4v) is 2.57. The lowest BCUT2D eigenvalue weighted by Gasteiger charge is -2.13. The molecule has 0 radical (unpaired) electrons. The number of hydrogen-bond donors (Lipinski definition) is 0. The van der Waals surface area contributed by atoms with E-state index in [9.17, 15) is 4.79 Å². The van der Waals surface area contributed by atoms with Gasteiger partial charge in [0.05, 0.1) is 21.3 Å². The maximum Gasteiger partial charge on any atom is 0.343 e. The van der Waals surface area contributed by atoms with Crippen molar-refractivity contribution >= 4 is 5.97 Å². The molecule has 0 spiro atoms. The van der Waals surface area contributed by atoms with Crippen molar-refractivity contribution in [2.75, 3.05) is 21.3 Å². The zero-order chi connectivity index (χ0) is 15.7. The van der Waals surface area contributed by atoms with Crippen molar-refractivity contribution in [3.63, 3.8) is 0 Å². The number of cyclic esters (lactones) is 1. The summed E-state index contributed by atoms with van der Waals surface area (Å²) in [5.74, 6) is 1.43. The Bertz CT molecular complexity index is 706. The fraction of sp³-hybridized carbons (Fsp3) is 0.235. The first kappa shape index (κ1) is 14.3. The van der Waals surface area contributed by atoms with Crippen molar-refractivity contribution < 1.29 is 23.7 Å². The second-order valence-corrected chi connectivity index (χ2v) is 4.85. The number of rotatable bonds is 4. The van der Waals surface area contributed by atoms with Crippen molar-refractivity contribution in [1.29, 1.82) is 0 Å². The number of esters is 1.